The molecule has 1 aliphatic heterocycles. The first kappa shape index (κ1) is 10.7. The maximum absolute atomic E-state index is 4.75. The Hall–Kier alpha value is -1.42. The average Bonchev–Trinajstić information content (AvgIpc) is 2.95. The number of nitrogens with one attached hydrogen (secondary N) is 1. The highest BCUT2D eigenvalue weighted by Crippen LogP contribution is 2.28. The summed E-state index contributed by atoms with van der Waals surface area (Å²) in [4.78, 5) is 9.22. The van der Waals surface area contributed by atoms with Gasteiger partial charge < -0.3 is 9.88 Å². The lowest BCUT2D eigenvalue weighted by Crippen LogP contribution is -2.19. The van der Waals surface area contributed by atoms with Gasteiger partial charge in [-0.3, -0.25) is 0 Å². The third kappa shape index (κ3) is 1.72. The van der Waals surface area contributed by atoms with E-state index in [4.69, 9.17) is 4.98 Å². The highest BCUT2D eigenvalue weighted by molar-refractivity contribution is 5.71. The second kappa shape index (κ2) is 4.11. The molecule has 0 bridgehead atoms. The fourth-order valence-corrected chi connectivity index (χ4v) is 2.61. The molecule has 0 aromatic carbocycles. The van der Waals surface area contributed by atoms with E-state index in [9.17, 15) is 0 Å². The van der Waals surface area contributed by atoms with E-state index >= 15 is 0 Å². The fourth-order valence-electron chi connectivity index (χ4n) is 2.61. The third-order valence-corrected chi connectivity index (χ3v) is 3.36. The van der Waals surface area contributed by atoms with Crippen LogP contribution in [0.2, 0.25) is 0 Å². The lowest BCUT2D eigenvalue weighted by Gasteiger charge is -2.16. The van der Waals surface area contributed by atoms with Crippen LogP contribution in [0.25, 0.3) is 11.2 Å². The number of nitrogens with zero attached hydrogens (tertiary/aromatic N) is 3. The van der Waals surface area contributed by atoms with Gasteiger partial charge in [0.1, 0.15) is 11.3 Å². The van der Waals surface area contributed by atoms with E-state index in [1.807, 2.05) is 18.3 Å². The zero-order valence-corrected chi connectivity index (χ0v) is 10.3. The Bertz CT molecular complexity index is 523. The van der Waals surface area contributed by atoms with Crippen molar-refractivity contribution in [1.82, 2.24) is 19.9 Å². The number of hydrogen-bond donors (Lipinski definition) is 1. The fraction of sp³-hybridized carbons (Fsp3) is 0.538. The molecule has 0 spiro atoms. The van der Waals surface area contributed by atoms with Crippen LogP contribution in [0, 0.1) is 0 Å². The van der Waals surface area contributed by atoms with Gasteiger partial charge in [-0.25, -0.2) is 9.97 Å². The summed E-state index contributed by atoms with van der Waals surface area (Å²) >= 11 is 0. The van der Waals surface area contributed by atoms with Crippen LogP contribution >= 0.6 is 0 Å². The molecule has 2 aromatic rings. The minimum atomic E-state index is 0.395. The van der Waals surface area contributed by atoms with Gasteiger partial charge in [-0.2, -0.15) is 0 Å². The van der Waals surface area contributed by atoms with Gasteiger partial charge in [0.25, 0.3) is 0 Å². The van der Waals surface area contributed by atoms with Crippen LogP contribution in [0.15, 0.2) is 18.3 Å². The molecular weight excluding hydrogens is 212 g/mol. The van der Waals surface area contributed by atoms with Crippen LogP contribution in [0.5, 0.6) is 0 Å². The second-order valence-corrected chi connectivity index (χ2v) is 4.93. The quantitative estimate of drug-likeness (QED) is 0.861. The minimum absolute atomic E-state index is 0.395. The van der Waals surface area contributed by atoms with E-state index in [0.29, 0.717) is 12.1 Å². The van der Waals surface area contributed by atoms with E-state index in [0.717, 1.165) is 23.5 Å². The summed E-state index contributed by atoms with van der Waals surface area (Å²) in [5.74, 6) is 1.14. The summed E-state index contributed by atoms with van der Waals surface area (Å²) in [6.45, 7) is 5.47. The first-order valence-electron chi connectivity index (χ1n) is 6.33. The lowest BCUT2D eigenvalue weighted by molar-refractivity contribution is 0.514. The standard InChI is InChI=1S/C13H18N4/c1-9(2)17-12-11(6-4-8-15-12)16-13(17)10-5-3-7-14-10/h4,6,8-10,14H,3,5,7H2,1-2H3. The van der Waals surface area contributed by atoms with Gasteiger partial charge in [0.2, 0.25) is 0 Å². The van der Waals surface area contributed by atoms with Crippen LogP contribution in [0.4, 0.5) is 0 Å². The summed E-state index contributed by atoms with van der Waals surface area (Å²) in [5, 5.41) is 3.52. The zero-order chi connectivity index (χ0) is 11.8. The summed E-state index contributed by atoms with van der Waals surface area (Å²) < 4.78 is 2.26. The van der Waals surface area contributed by atoms with Crippen molar-refractivity contribution in [2.45, 2.75) is 38.8 Å². The number of rotatable bonds is 2. The van der Waals surface area contributed by atoms with Crippen molar-refractivity contribution < 1.29 is 0 Å². The predicted molar refractivity (Wildman–Crippen MR) is 67.9 cm³/mol. The monoisotopic (exact) mass is 230 g/mol. The summed E-state index contributed by atoms with van der Waals surface area (Å²) in [5.41, 5.74) is 2.01. The molecule has 3 rings (SSSR count). The molecule has 1 atom stereocenters. The first-order valence-corrected chi connectivity index (χ1v) is 6.33. The maximum Gasteiger partial charge on any atom is 0.160 e. The number of aromatic nitrogens is 3. The van der Waals surface area contributed by atoms with Crippen molar-refractivity contribution in [3.63, 3.8) is 0 Å². The molecule has 1 unspecified atom stereocenters. The van der Waals surface area contributed by atoms with E-state index in [2.05, 4.69) is 28.7 Å². The number of fused-ring (bicyclic) bond motifs is 1. The van der Waals surface area contributed by atoms with Crippen molar-refractivity contribution in [3.05, 3.63) is 24.2 Å². The van der Waals surface area contributed by atoms with Gasteiger partial charge in [-0.05, 0) is 45.4 Å². The Labute approximate surface area is 101 Å². The molecule has 17 heavy (non-hydrogen) atoms. The highest BCUT2D eigenvalue weighted by atomic mass is 15.2. The van der Waals surface area contributed by atoms with Gasteiger partial charge in [-0.1, -0.05) is 0 Å². The molecule has 1 fully saturated rings. The van der Waals surface area contributed by atoms with E-state index in [-0.39, 0.29) is 0 Å². The maximum atomic E-state index is 4.75. The van der Waals surface area contributed by atoms with Crippen molar-refractivity contribution in [1.29, 1.82) is 0 Å². The largest absolute Gasteiger partial charge is 0.309 e. The van der Waals surface area contributed by atoms with Gasteiger partial charge in [-0.15, -0.1) is 0 Å². The molecule has 0 amide bonds. The molecule has 0 radical (unpaired) electrons. The third-order valence-electron chi connectivity index (χ3n) is 3.36. The van der Waals surface area contributed by atoms with Crippen molar-refractivity contribution >= 4 is 11.2 Å². The minimum Gasteiger partial charge on any atom is -0.309 e. The van der Waals surface area contributed by atoms with Crippen molar-refractivity contribution in [3.8, 4) is 0 Å². The molecule has 1 aliphatic rings. The predicted octanol–water partition coefficient (Wildman–Crippen LogP) is 2.44. The highest BCUT2D eigenvalue weighted by Gasteiger charge is 2.24. The summed E-state index contributed by atoms with van der Waals surface area (Å²) in [6, 6.07) is 4.78. The summed E-state index contributed by atoms with van der Waals surface area (Å²) in [6.07, 6.45) is 4.25. The lowest BCUT2D eigenvalue weighted by atomic mass is 10.2. The van der Waals surface area contributed by atoms with Gasteiger partial charge >= 0.3 is 0 Å². The number of hydrogen-bond acceptors (Lipinski definition) is 3. The second-order valence-electron chi connectivity index (χ2n) is 4.93. The van der Waals surface area contributed by atoms with Crippen LogP contribution in [-0.4, -0.2) is 21.1 Å². The normalized spacial score (nSPS) is 20.5. The van der Waals surface area contributed by atoms with Gasteiger partial charge in [0.15, 0.2) is 5.65 Å². The topological polar surface area (TPSA) is 42.7 Å². The molecule has 0 saturated carbocycles. The van der Waals surface area contributed by atoms with Crippen LogP contribution in [0.3, 0.4) is 0 Å². The van der Waals surface area contributed by atoms with Crippen LogP contribution in [0.1, 0.15) is 44.6 Å². The molecule has 4 heteroatoms. The molecule has 3 heterocycles. The van der Waals surface area contributed by atoms with Crippen LogP contribution < -0.4 is 5.32 Å². The SMILES string of the molecule is CC(C)n1c(C2CCCN2)nc2cccnc21. The van der Waals surface area contributed by atoms with Crippen LogP contribution in [-0.2, 0) is 0 Å². The Balaban J connectivity index is 2.18. The Kier molecular flexibility index (Phi) is 2.59. The van der Waals surface area contributed by atoms with E-state index in [1.165, 1.54) is 12.8 Å². The van der Waals surface area contributed by atoms with E-state index in [1.54, 1.807) is 0 Å². The van der Waals surface area contributed by atoms with Crippen molar-refractivity contribution in [2.75, 3.05) is 6.54 Å². The van der Waals surface area contributed by atoms with Gasteiger partial charge in [0.05, 0.1) is 6.04 Å². The first-order chi connectivity index (χ1) is 8.27. The molecule has 90 valence electrons. The Morgan fingerprint density at radius 3 is 3.06 bits per heavy atom. The Morgan fingerprint density at radius 1 is 1.47 bits per heavy atom. The van der Waals surface area contributed by atoms with E-state index < -0.39 is 0 Å². The Morgan fingerprint density at radius 2 is 2.35 bits per heavy atom. The summed E-state index contributed by atoms with van der Waals surface area (Å²) in [7, 11) is 0. The molecule has 0 aliphatic carbocycles. The molecular formula is C13H18N4. The zero-order valence-electron chi connectivity index (χ0n) is 10.3. The van der Waals surface area contributed by atoms with Gasteiger partial charge in [0, 0.05) is 12.2 Å². The number of pyridine rings is 1. The molecule has 1 saturated heterocycles. The molecule has 1 N–H and O–H groups in total. The number of imidazole rings is 1. The molecule has 4 nitrogen and oxygen atoms in total. The average molecular weight is 230 g/mol. The molecule has 2 aromatic heterocycles. The van der Waals surface area contributed by atoms with Crippen molar-refractivity contribution in [2.24, 2.45) is 0 Å². The smallest absolute Gasteiger partial charge is 0.160 e.